The summed E-state index contributed by atoms with van der Waals surface area (Å²) in [5, 5.41) is 11.6. The number of rotatable bonds is 7. The minimum atomic E-state index is -0.904. The van der Waals surface area contributed by atoms with Gasteiger partial charge in [0, 0.05) is 13.0 Å². The Hall–Kier alpha value is -1.91. The topological polar surface area (TPSA) is 66.4 Å². The molecule has 1 rings (SSSR count). The SMILES string of the molecule is CC(C)C(CNC(=O)CCc1ccc(F)cc1)C(=O)O. The van der Waals surface area contributed by atoms with Crippen LogP contribution in [0.5, 0.6) is 0 Å². The average molecular weight is 281 g/mol. The molecule has 1 unspecified atom stereocenters. The van der Waals surface area contributed by atoms with Crippen LogP contribution in [0.1, 0.15) is 25.8 Å². The van der Waals surface area contributed by atoms with Crippen molar-refractivity contribution in [1.29, 1.82) is 0 Å². The van der Waals surface area contributed by atoms with Gasteiger partial charge in [-0.05, 0) is 30.0 Å². The standard InChI is InChI=1S/C15H20FNO3/c1-10(2)13(15(19)20)9-17-14(18)8-5-11-3-6-12(16)7-4-11/h3-4,6-7,10,13H,5,8-9H2,1-2H3,(H,17,18)(H,19,20). The van der Waals surface area contributed by atoms with Gasteiger partial charge in [-0.25, -0.2) is 4.39 Å². The summed E-state index contributed by atoms with van der Waals surface area (Å²) in [6.07, 6.45) is 0.765. The van der Waals surface area contributed by atoms with Crippen LogP contribution in [0.2, 0.25) is 0 Å². The number of hydrogen-bond acceptors (Lipinski definition) is 2. The van der Waals surface area contributed by atoms with E-state index in [1.807, 2.05) is 13.8 Å². The first-order valence-corrected chi connectivity index (χ1v) is 6.64. The highest BCUT2D eigenvalue weighted by atomic mass is 19.1. The second-order valence-electron chi connectivity index (χ2n) is 5.12. The Morgan fingerprint density at radius 2 is 1.85 bits per heavy atom. The van der Waals surface area contributed by atoms with Gasteiger partial charge in [-0.1, -0.05) is 26.0 Å². The summed E-state index contributed by atoms with van der Waals surface area (Å²) in [6.45, 7) is 3.75. The van der Waals surface area contributed by atoms with Gasteiger partial charge >= 0.3 is 5.97 Å². The molecule has 2 N–H and O–H groups in total. The van der Waals surface area contributed by atoms with Gasteiger partial charge < -0.3 is 10.4 Å². The highest BCUT2D eigenvalue weighted by Gasteiger charge is 2.21. The predicted molar refractivity (Wildman–Crippen MR) is 73.7 cm³/mol. The van der Waals surface area contributed by atoms with E-state index in [1.54, 1.807) is 12.1 Å². The van der Waals surface area contributed by atoms with Crippen molar-refractivity contribution in [3.63, 3.8) is 0 Å². The van der Waals surface area contributed by atoms with E-state index in [0.717, 1.165) is 5.56 Å². The van der Waals surface area contributed by atoms with Crippen molar-refractivity contribution in [2.45, 2.75) is 26.7 Å². The maximum atomic E-state index is 12.7. The molecule has 0 fully saturated rings. The number of aryl methyl sites for hydroxylation is 1. The molecule has 1 amide bonds. The van der Waals surface area contributed by atoms with Crippen molar-refractivity contribution in [2.75, 3.05) is 6.54 Å². The van der Waals surface area contributed by atoms with E-state index in [0.29, 0.717) is 6.42 Å². The van der Waals surface area contributed by atoms with E-state index in [9.17, 15) is 14.0 Å². The summed E-state index contributed by atoms with van der Waals surface area (Å²) >= 11 is 0. The Labute approximate surface area is 118 Å². The molecule has 0 saturated heterocycles. The van der Waals surface area contributed by atoms with E-state index in [-0.39, 0.29) is 30.6 Å². The fourth-order valence-corrected chi connectivity index (χ4v) is 1.83. The Kier molecular flexibility index (Phi) is 6.15. The van der Waals surface area contributed by atoms with E-state index in [1.165, 1.54) is 12.1 Å². The van der Waals surface area contributed by atoms with Crippen molar-refractivity contribution in [1.82, 2.24) is 5.32 Å². The highest BCUT2D eigenvalue weighted by molar-refractivity contribution is 5.77. The molecule has 1 aromatic rings. The summed E-state index contributed by atoms with van der Waals surface area (Å²) < 4.78 is 12.7. The number of benzene rings is 1. The van der Waals surface area contributed by atoms with Gasteiger partial charge in [-0.3, -0.25) is 9.59 Å². The van der Waals surface area contributed by atoms with Crippen LogP contribution in [0, 0.1) is 17.7 Å². The molecule has 110 valence electrons. The number of carbonyl (C=O) groups excluding carboxylic acids is 1. The number of carboxylic acid groups (broad SMARTS) is 1. The zero-order chi connectivity index (χ0) is 15.1. The molecule has 1 atom stereocenters. The number of carboxylic acids is 1. The van der Waals surface area contributed by atoms with Crippen LogP contribution in [0.15, 0.2) is 24.3 Å². The Morgan fingerprint density at radius 3 is 2.35 bits per heavy atom. The third-order valence-corrected chi connectivity index (χ3v) is 3.20. The van der Waals surface area contributed by atoms with E-state index in [2.05, 4.69) is 5.32 Å². The summed E-state index contributed by atoms with van der Waals surface area (Å²) in [7, 11) is 0. The van der Waals surface area contributed by atoms with E-state index < -0.39 is 11.9 Å². The third kappa shape index (κ3) is 5.38. The monoisotopic (exact) mass is 281 g/mol. The van der Waals surface area contributed by atoms with Crippen molar-refractivity contribution in [3.05, 3.63) is 35.6 Å². The van der Waals surface area contributed by atoms with Crippen LogP contribution >= 0.6 is 0 Å². The summed E-state index contributed by atoms with van der Waals surface area (Å²) in [4.78, 5) is 22.6. The summed E-state index contributed by atoms with van der Waals surface area (Å²) in [5.74, 6) is -2.02. The van der Waals surface area contributed by atoms with Crippen LogP contribution < -0.4 is 5.32 Å². The lowest BCUT2D eigenvalue weighted by Gasteiger charge is -2.16. The minimum absolute atomic E-state index is 0.0371. The quantitative estimate of drug-likeness (QED) is 0.805. The number of carbonyl (C=O) groups is 2. The van der Waals surface area contributed by atoms with Crippen molar-refractivity contribution < 1.29 is 19.1 Å². The van der Waals surface area contributed by atoms with E-state index in [4.69, 9.17) is 5.11 Å². The van der Waals surface area contributed by atoms with Crippen molar-refractivity contribution in [2.24, 2.45) is 11.8 Å². The second-order valence-corrected chi connectivity index (χ2v) is 5.12. The largest absolute Gasteiger partial charge is 0.481 e. The summed E-state index contributed by atoms with van der Waals surface area (Å²) in [6, 6.07) is 5.98. The number of amides is 1. The lowest BCUT2D eigenvalue weighted by molar-refractivity contribution is -0.143. The molecule has 5 heteroatoms. The molecule has 0 aliphatic rings. The molecular formula is C15H20FNO3. The Morgan fingerprint density at radius 1 is 1.25 bits per heavy atom. The van der Waals surface area contributed by atoms with Crippen molar-refractivity contribution in [3.8, 4) is 0 Å². The van der Waals surface area contributed by atoms with Crippen molar-refractivity contribution >= 4 is 11.9 Å². The van der Waals surface area contributed by atoms with E-state index >= 15 is 0 Å². The molecule has 1 aromatic carbocycles. The number of aliphatic carboxylic acids is 1. The van der Waals surface area contributed by atoms with Gasteiger partial charge in [-0.15, -0.1) is 0 Å². The summed E-state index contributed by atoms with van der Waals surface area (Å²) in [5.41, 5.74) is 0.875. The lowest BCUT2D eigenvalue weighted by atomic mass is 9.96. The van der Waals surface area contributed by atoms with Crippen LogP contribution in [-0.2, 0) is 16.0 Å². The molecule has 0 saturated carbocycles. The zero-order valence-corrected chi connectivity index (χ0v) is 11.7. The molecule has 0 aliphatic carbocycles. The molecule has 0 spiro atoms. The molecule has 0 aromatic heterocycles. The van der Waals surface area contributed by atoms with Gasteiger partial charge in [0.1, 0.15) is 5.82 Å². The molecule has 20 heavy (non-hydrogen) atoms. The first kappa shape index (κ1) is 16.1. The maximum absolute atomic E-state index is 12.7. The van der Waals surface area contributed by atoms with Crippen LogP contribution in [-0.4, -0.2) is 23.5 Å². The smallest absolute Gasteiger partial charge is 0.308 e. The molecule has 0 radical (unpaired) electrons. The molecular weight excluding hydrogens is 261 g/mol. The van der Waals surface area contributed by atoms with Gasteiger partial charge in [0.2, 0.25) is 5.91 Å². The number of nitrogens with one attached hydrogen (secondary N) is 1. The van der Waals surface area contributed by atoms with Gasteiger partial charge in [0.15, 0.2) is 0 Å². The first-order chi connectivity index (χ1) is 9.40. The normalized spacial score (nSPS) is 12.2. The molecule has 0 heterocycles. The Bertz CT molecular complexity index is 457. The second kappa shape index (κ2) is 7.62. The number of halogens is 1. The fourth-order valence-electron chi connectivity index (χ4n) is 1.83. The van der Waals surface area contributed by atoms with Crippen LogP contribution in [0.3, 0.4) is 0 Å². The molecule has 0 bridgehead atoms. The maximum Gasteiger partial charge on any atom is 0.308 e. The van der Waals surface area contributed by atoms with Crippen LogP contribution in [0.4, 0.5) is 4.39 Å². The van der Waals surface area contributed by atoms with Gasteiger partial charge in [-0.2, -0.15) is 0 Å². The predicted octanol–water partition coefficient (Wildman–Crippen LogP) is 2.23. The Balaban J connectivity index is 2.36. The van der Waals surface area contributed by atoms with Gasteiger partial charge in [0.25, 0.3) is 0 Å². The van der Waals surface area contributed by atoms with Crippen LogP contribution in [0.25, 0.3) is 0 Å². The lowest BCUT2D eigenvalue weighted by Crippen LogP contribution is -2.35. The molecule has 0 aliphatic heterocycles. The minimum Gasteiger partial charge on any atom is -0.481 e. The first-order valence-electron chi connectivity index (χ1n) is 6.64. The third-order valence-electron chi connectivity index (χ3n) is 3.20. The average Bonchev–Trinajstić information content (AvgIpc) is 2.37. The number of hydrogen-bond donors (Lipinski definition) is 2. The fraction of sp³-hybridized carbons (Fsp3) is 0.467. The highest BCUT2D eigenvalue weighted by Crippen LogP contribution is 2.10. The zero-order valence-electron chi connectivity index (χ0n) is 11.7. The molecule has 4 nitrogen and oxygen atoms in total. The van der Waals surface area contributed by atoms with Gasteiger partial charge in [0.05, 0.1) is 5.92 Å².